The molecule has 0 unspecified atom stereocenters. The summed E-state index contributed by atoms with van der Waals surface area (Å²) in [5, 5.41) is 2.89. The van der Waals surface area contributed by atoms with Gasteiger partial charge in [-0.25, -0.2) is 15.0 Å². The van der Waals surface area contributed by atoms with Gasteiger partial charge in [0.15, 0.2) is 5.16 Å². The Kier molecular flexibility index (Phi) is 3.33. The van der Waals surface area contributed by atoms with Crippen molar-refractivity contribution in [2.75, 3.05) is 0 Å². The molecule has 78 valence electrons. The van der Waals surface area contributed by atoms with Crippen molar-refractivity contribution in [1.82, 2.24) is 15.0 Å². The summed E-state index contributed by atoms with van der Waals surface area (Å²) in [6, 6.07) is 1.98. The summed E-state index contributed by atoms with van der Waals surface area (Å²) in [6.07, 6.45) is 0. The summed E-state index contributed by atoms with van der Waals surface area (Å²) in [5.74, 6) is 0.840. The van der Waals surface area contributed by atoms with E-state index in [1.54, 1.807) is 23.1 Å². The van der Waals surface area contributed by atoms with Crippen molar-refractivity contribution in [3.05, 3.63) is 34.0 Å². The van der Waals surface area contributed by atoms with Gasteiger partial charge >= 0.3 is 0 Å². The van der Waals surface area contributed by atoms with Crippen LogP contribution in [0.2, 0.25) is 0 Å². The fraction of sp³-hybridized carbons (Fsp3) is 0.300. The topological polar surface area (TPSA) is 38.7 Å². The largest absolute Gasteiger partial charge is 0.249 e. The Bertz CT molecular complexity index is 420. The highest BCUT2D eigenvalue weighted by Gasteiger charge is 2.02. The number of nitrogens with zero attached hydrogens (tertiary/aromatic N) is 3. The molecule has 2 aromatic rings. The number of aryl methyl sites for hydroxylation is 2. The Labute approximate surface area is 97.0 Å². The van der Waals surface area contributed by atoms with Gasteiger partial charge in [-0.3, -0.25) is 0 Å². The summed E-state index contributed by atoms with van der Waals surface area (Å²) >= 11 is 3.24. The van der Waals surface area contributed by atoms with Crippen molar-refractivity contribution in [1.29, 1.82) is 0 Å². The molecule has 2 heterocycles. The zero-order valence-electron chi connectivity index (χ0n) is 8.60. The van der Waals surface area contributed by atoms with Crippen molar-refractivity contribution < 1.29 is 0 Å². The fourth-order valence-corrected chi connectivity index (χ4v) is 2.72. The van der Waals surface area contributed by atoms with Gasteiger partial charge in [0.05, 0.1) is 11.2 Å². The minimum absolute atomic E-state index is 0.834. The lowest BCUT2D eigenvalue weighted by atomic mass is 10.4. The number of thioether (sulfide) groups is 1. The van der Waals surface area contributed by atoms with Crippen LogP contribution >= 0.6 is 23.1 Å². The van der Waals surface area contributed by atoms with E-state index in [2.05, 4.69) is 20.3 Å². The van der Waals surface area contributed by atoms with Crippen LogP contribution in [-0.2, 0) is 5.75 Å². The Morgan fingerprint density at radius 2 is 2.00 bits per heavy atom. The van der Waals surface area contributed by atoms with Crippen molar-refractivity contribution in [2.45, 2.75) is 24.8 Å². The summed E-state index contributed by atoms with van der Waals surface area (Å²) in [5.41, 5.74) is 4.97. The minimum Gasteiger partial charge on any atom is -0.249 e. The molecule has 0 saturated carbocycles. The maximum Gasteiger partial charge on any atom is 0.188 e. The molecule has 0 spiro atoms. The van der Waals surface area contributed by atoms with E-state index in [-0.39, 0.29) is 0 Å². The average molecular weight is 237 g/mol. The first-order valence-electron chi connectivity index (χ1n) is 4.56. The highest BCUT2D eigenvalue weighted by Crippen LogP contribution is 2.19. The molecule has 0 N–H and O–H groups in total. The van der Waals surface area contributed by atoms with Crippen molar-refractivity contribution in [3.8, 4) is 0 Å². The fourth-order valence-electron chi connectivity index (χ4n) is 1.21. The van der Waals surface area contributed by atoms with Crippen LogP contribution in [0, 0.1) is 13.8 Å². The molecule has 2 rings (SSSR count). The second kappa shape index (κ2) is 4.72. The zero-order valence-corrected chi connectivity index (χ0v) is 10.2. The molecule has 0 amide bonds. The predicted molar refractivity (Wildman–Crippen MR) is 63.2 cm³/mol. The van der Waals surface area contributed by atoms with Crippen LogP contribution in [0.5, 0.6) is 0 Å². The molecule has 0 aliphatic rings. The van der Waals surface area contributed by atoms with Crippen molar-refractivity contribution in [2.24, 2.45) is 0 Å². The van der Waals surface area contributed by atoms with E-state index in [4.69, 9.17) is 0 Å². The predicted octanol–water partition coefficient (Wildman–Crippen LogP) is 2.84. The van der Waals surface area contributed by atoms with Crippen molar-refractivity contribution in [3.63, 3.8) is 0 Å². The smallest absolute Gasteiger partial charge is 0.188 e. The molecule has 2 aromatic heterocycles. The Balaban J connectivity index is 2.05. The lowest BCUT2D eigenvalue weighted by Gasteiger charge is -2.01. The second-order valence-electron chi connectivity index (χ2n) is 3.20. The van der Waals surface area contributed by atoms with Crippen LogP contribution in [0.3, 0.4) is 0 Å². The normalized spacial score (nSPS) is 10.5. The third-order valence-corrected chi connectivity index (χ3v) is 3.31. The Hall–Kier alpha value is -0.940. The molecule has 0 aromatic carbocycles. The summed E-state index contributed by atoms with van der Waals surface area (Å²) in [6.45, 7) is 3.98. The standard InChI is InChI=1S/C10H11N3S2/c1-7-3-8(2)13-10(12-7)15-5-9-4-14-6-11-9/h3-4,6H,5H2,1-2H3. The SMILES string of the molecule is Cc1cc(C)nc(SCc2cscn2)n1. The maximum absolute atomic E-state index is 4.36. The van der Waals surface area contributed by atoms with E-state index in [0.717, 1.165) is 28.0 Å². The Morgan fingerprint density at radius 3 is 2.60 bits per heavy atom. The van der Waals surface area contributed by atoms with Crippen LogP contribution in [0.4, 0.5) is 0 Å². The molecule has 15 heavy (non-hydrogen) atoms. The van der Waals surface area contributed by atoms with Crippen LogP contribution in [0.25, 0.3) is 0 Å². The maximum atomic E-state index is 4.36. The van der Waals surface area contributed by atoms with Gasteiger partial charge in [-0.2, -0.15) is 0 Å². The number of rotatable bonds is 3. The van der Waals surface area contributed by atoms with E-state index in [0.29, 0.717) is 0 Å². The van der Waals surface area contributed by atoms with Crippen LogP contribution in [0.1, 0.15) is 17.1 Å². The molecule has 0 aliphatic heterocycles. The average Bonchev–Trinajstić information content (AvgIpc) is 2.65. The van der Waals surface area contributed by atoms with Crippen LogP contribution in [-0.4, -0.2) is 15.0 Å². The Morgan fingerprint density at radius 1 is 1.27 bits per heavy atom. The number of thiazole rings is 1. The highest BCUT2D eigenvalue weighted by atomic mass is 32.2. The van der Waals surface area contributed by atoms with E-state index in [1.807, 2.05) is 25.4 Å². The van der Waals surface area contributed by atoms with Gasteiger partial charge < -0.3 is 0 Å². The van der Waals surface area contributed by atoms with Gasteiger partial charge in [-0.05, 0) is 19.9 Å². The summed E-state index contributed by atoms with van der Waals surface area (Å²) < 4.78 is 0. The van der Waals surface area contributed by atoms with E-state index in [9.17, 15) is 0 Å². The first-order chi connectivity index (χ1) is 7.24. The zero-order chi connectivity index (χ0) is 10.7. The van der Waals surface area contributed by atoms with Gasteiger partial charge in [-0.15, -0.1) is 11.3 Å². The van der Waals surface area contributed by atoms with Gasteiger partial charge in [0, 0.05) is 22.5 Å². The van der Waals surface area contributed by atoms with Crippen molar-refractivity contribution >= 4 is 23.1 Å². The number of aromatic nitrogens is 3. The molecule has 0 atom stereocenters. The summed E-state index contributed by atoms with van der Waals surface area (Å²) in [7, 11) is 0. The molecule has 0 fully saturated rings. The third-order valence-electron chi connectivity index (χ3n) is 1.79. The van der Waals surface area contributed by atoms with Gasteiger partial charge in [0.25, 0.3) is 0 Å². The first kappa shape index (κ1) is 10.6. The molecular weight excluding hydrogens is 226 g/mol. The van der Waals surface area contributed by atoms with Gasteiger partial charge in [0.2, 0.25) is 0 Å². The van der Waals surface area contributed by atoms with E-state index >= 15 is 0 Å². The van der Waals surface area contributed by atoms with Gasteiger partial charge in [-0.1, -0.05) is 11.8 Å². The van der Waals surface area contributed by atoms with Crippen LogP contribution in [0.15, 0.2) is 22.1 Å². The quantitative estimate of drug-likeness (QED) is 0.608. The summed E-state index contributed by atoms with van der Waals surface area (Å²) in [4.78, 5) is 12.9. The lowest BCUT2D eigenvalue weighted by molar-refractivity contribution is 0.901. The monoisotopic (exact) mass is 237 g/mol. The lowest BCUT2D eigenvalue weighted by Crippen LogP contribution is -1.93. The van der Waals surface area contributed by atoms with Gasteiger partial charge in [0.1, 0.15) is 0 Å². The van der Waals surface area contributed by atoms with Crippen LogP contribution < -0.4 is 0 Å². The van der Waals surface area contributed by atoms with E-state index < -0.39 is 0 Å². The first-order valence-corrected chi connectivity index (χ1v) is 6.49. The highest BCUT2D eigenvalue weighted by molar-refractivity contribution is 7.98. The molecule has 0 bridgehead atoms. The molecular formula is C10H11N3S2. The molecule has 0 aliphatic carbocycles. The third kappa shape index (κ3) is 3.00. The number of hydrogen-bond acceptors (Lipinski definition) is 5. The molecule has 5 heteroatoms. The number of hydrogen-bond donors (Lipinski definition) is 0. The second-order valence-corrected chi connectivity index (χ2v) is 4.86. The molecule has 0 saturated heterocycles. The molecule has 0 radical (unpaired) electrons. The van der Waals surface area contributed by atoms with E-state index in [1.165, 1.54) is 0 Å². The minimum atomic E-state index is 0.834. The molecule has 3 nitrogen and oxygen atoms in total.